The van der Waals surface area contributed by atoms with Gasteiger partial charge in [0, 0.05) is 37.1 Å². The summed E-state index contributed by atoms with van der Waals surface area (Å²) >= 11 is 1.36. The van der Waals surface area contributed by atoms with Crippen LogP contribution in [0.1, 0.15) is 43.5 Å². The molecule has 1 unspecified atom stereocenters. The maximum atomic E-state index is 13.2. The van der Waals surface area contributed by atoms with E-state index >= 15 is 0 Å². The van der Waals surface area contributed by atoms with Crippen molar-refractivity contribution in [3.63, 3.8) is 0 Å². The van der Waals surface area contributed by atoms with Gasteiger partial charge in [0.2, 0.25) is 0 Å². The second-order valence-corrected chi connectivity index (χ2v) is 8.57. The Kier molecular flexibility index (Phi) is 6.20. The van der Waals surface area contributed by atoms with E-state index in [0.717, 1.165) is 27.8 Å². The van der Waals surface area contributed by atoms with Crippen molar-refractivity contribution in [1.82, 2.24) is 15.2 Å². The minimum absolute atomic E-state index is 0.0348. The predicted molar refractivity (Wildman–Crippen MR) is 120 cm³/mol. The predicted octanol–water partition coefficient (Wildman–Crippen LogP) is 2.97. The number of ether oxygens (including phenoxy) is 1. The van der Waals surface area contributed by atoms with E-state index in [1.807, 2.05) is 36.1 Å². The number of aromatic nitrogens is 1. The summed E-state index contributed by atoms with van der Waals surface area (Å²) in [7, 11) is 1.58. The van der Waals surface area contributed by atoms with Gasteiger partial charge >= 0.3 is 0 Å². The lowest BCUT2D eigenvalue weighted by Crippen LogP contribution is -2.29. The van der Waals surface area contributed by atoms with E-state index in [4.69, 9.17) is 9.84 Å². The SMILES string of the molecule is COc1c(C)cccc1C(=O)N1CCC(c2c(C(=O)NCCO)sc3ncccc23)C1. The summed E-state index contributed by atoms with van der Waals surface area (Å²) in [5, 5.41) is 12.8. The van der Waals surface area contributed by atoms with Crippen LogP contribution in [-0.2, 0) is 0 Å². The van der Waals surface area contributed by atoms with Crippen LogP contribution in [0.25, 0.3) is 10.2 Å². The molecule has 0 saturated carbocycles. The zero-order valence-electron chi connectivity index (χ0n) is 17.6. The number of pyridine rings is 1. The molecule has 2 aromatic heterocycles. The maximum absolute atomic E-state index is 13.2. The van der Waals surface area contributed by atoms with Crippen molar-refractivity contribution in [1.29, 1.82) is 0 Å². The Morgan fingerprint density at radius 3 is 2.94 bits per heavy atom. The summed E-state index contributed by atoms with van der Waals surface area (Å²) < 4.78 is 5.47. The summed E-state index contributed by atoms with van der Waals surface area (Å²) in [4.78, 5) is 33.7. The highest BCUT2D eigenvalue weighted by atomic mass is 32.1. The molecule has 0 radical (unpaired) electrons. The van der Waals surface area contributed by atoms with Crippen molar-refractivity contribution in [2.75, 3.05) is 33.4 Å². The molecule has 0 spiro atoms. The van der Waals surface area contributed by atoms with E-state index in [0.29, 0.717) is 29.3 Å². The number of aryl methyl sites for hydroxylation is 1. The molecule has 0 bridgehead atoms. The second-order valence-electron chi connectivity index (χ2n) is 7.57. The maximum Gasteiger partial charge on any atom is 0.261 e. The van der Waals surface area contributed by atoms with Crippen molar-refractivity contribution in [2.45, 2.75) is 19.3 Å². The van der Waals surface area contributed by atoms with Crippen LogP contribution in [0.4, 0.5) is 0 Å². The summed E-state index contributed by atoms with van der Waals surface area (Å²) in [6.45, 7) is 3.13. The first-order valence-electron chi connectivity index (χ1n) is 10.2. The number of likely N-dealkylation sites (tertiary alicyclic amines) is 1. The Morgan fingerprint density at radius 1 is 1.32 bits per heavy atom. The standard InChI is InChI=1S/C23H25N3O4S/c1-14-5-3-6-17(19(14)30-2)23(29)26-11-8-15(13-26)18-16-7-4-9-25-22(16)31-20(18)21(28)24-10-12-27/h3-7,9,15,27H,8,10-13H2,1-2H3,(H,24,28). The normalized spacial score (nSPS) is 16.0. The Labute approximate surface area is 184 Å². The Hall–Kier alpha value is -2.97. The van der Waals surface area contributed by atoms with Gasteiger partial charge in [0.05, 0.1) is 24.2 Å². The highest BCUT2D eigenvalue weighted by Crippen LogP contribution is 2.40. The van der Waals surface area contributed by atoms with Crippen LogP contribution < -0.4 is 10.1 Å². The van der Waals surface area contributed by atoms with E-state index in [-0.39, 0.29) is 30.9 Å². The average Bonchev–Trinajstić information content (AvgIpc) is 3.41. The Morgan fingerprint density at radius 2 is 2.16 bits per heavy atom. The number of amides is 2. The number of nitrogens with zero attached hydrogens (tertiary/aromatic N) is 2. The molecule has 162 valence electrons. The van der Waals surface area contributed by atoms with Gasteiger partial charge in [0.25, 0.3) is 11.8 Å². The number of carbonyl (C=O) groups is 2. The molecule has 1 fully saturated rings. The van der Waals surface area contributed by atoms with Crippen LogP contribution in [0.15, 0.2) is 36.5 Å². The van der Waals surface area contributed by atoms with Crippen molar-refractivity contribution in [3.8, 4) is 5.75 Å². The largest absolute Gasteiger partial charge is 0.496 e. The van der Waals surface area contributed by atoms with Crippen LogP contribution in [-0.4, -0.2) is 60.2 Å². The minimum Gasteiger partial charge on any atom is -0.496 e. The molecule has 31 heavy (non-hydrogen) atoms. The van der Waals surface area contributed by atoms with Gasteiger partial charge in [-0.1, -0.05) is 18.2 Å². The van der Waals surface area contributed by atoms with Crippen LogP contribution in [0.3, 0.4) is 0 Å². The van der Waals surface area contributed by atoms with Crippen LogP contribution in [0, 0.1) is 6.92 Å². The first-order valence-corrected chi connectivity index (χ1v) is 11.1. The highest BCUT2D eigenvalue weighted by molar-refractivity contribution is 7.20. The van der Waals surface area contributed by atoms with Crippen molar-refractivity contribution < 1.29 is 19.4 Å². The first kappa shape index (κ1) is 21.3. The molecule has 1 atom stereocenters. The van der Waals surface area contributed by atoms with Crippen molar-refractivity contribution in [2.24, 2.45) is 0 Å². The van der Waals surface area contributed by atoms with Gasteiger partial charge in [0.15, 0.2) is 0 Å². The fourth-order valence-corrected chi connectivity index (χ4v) is 5.36. The third-order valence-corrected chi connectivity index (χ3v) is 6.77. The Balaban J connectivity index is 1.64. The lowest BCUT2D eigenvalue weighted by Gasteiger charge is -2.19. The zero-order valence-corrected chi connectivity index (χ0v) is 18.4. The molecule has 2 amide bonds. The molecule has 1 aliphatic heterocycles. The summed E-state index contributed by atoms with van der Waals surface area (Å²) in [5.41, 5.74) is 2.41. The smallest absolute Gasteiger partial charge is 0.261 e. The Bertz CT molecular complexity index is 1130. The van der Waals surface area contributed by atoms with Crippen molar-refractivity contribution >= 4 is 33.4 Å². The van der Waals surface area contributed by atoms with E-state index in [9.17, 15) is 9.59 Å². The molecule has 7 nitrogen and oxygen atoms in total. The van der Waals surface area contributed by atoms with E-state index in [1.165, 1.54) is 11.3 Å². The summed E-state index contributed by atoms with van der Waals surface area (Å²) in [6.07, 6.45) is 2.48. The molecule has 3 aromatic rings. The number of rotatable bonds is 6. The number of hydrogen-bond acceptors (Lipinski definition) is 6. The number of fused-ring (bicyclic) bond motifs is 1. The fraction of sp³-hybridized carbons (Fsp3) is 0.348. The number of thiophene rings is 1. The molecule has 3 heterocycles. The molecule has 1 aromatic carbocycles. The number of benzene rings is 1. The van der Waals surface area contributed by atoms with E-state index in [1.54, 1.807) is 19.4 Å². The molecular weight excluding hydrogens is 414 g/mol. The highest BCUT2D eigenvalue weighted by Gasteiger charge is 2.34. The summed E-state index contributed by atoms with van der Waals surface area (Å²) in [6, 6.07) is 9.41. The van der Waals surface area contributed by atoms with Gasteiger partial charge in [-0.25, -0.2) is 4.98 Å². The third-order valence-electron chi connectivity index (χ3n) is 5.64. The molecule has 1 aliphatic rings. The van der Waals surface area contributed by atoms with Crippen LogP contribution in [0.2, 0.25) is 0 Å². The molecule has 0 aliphatic carbocycles. The summed E-state index contributed by atoms with van der Waals surface area (Å²) in [5.74, 6) is 0.363. The number of para-hydroxylation sites is 1. The van der Waals surface area contributed by atoms with Gasteiger partial charge in [-0.15, -0.1) is 11.3 Å². The fourth-order valence-electron chi connectivity index (χ4n) is 4.22. The number of hydrogen-bond donors (Lipinski definition) is 2. The van der Waals surface area contributed by atoms with Gasteiger partial charge in [-0.05, 0) is 36.6 Å². The molecule has 2 N–H and O–H groups in total. The molecule has 1 saturated heterocycles. The number of methoxy groups -OCH3 is 1. The van der Waals surface area contributed by atoms with Gasteiger partial charge in [-0.3, -0.25) is 9.59 Å². The number of aliphatic hydroxyl groups excluding tert-OH is 1. The minimum atomic E-state index is -0.211. The van der Waals surface area contributed by atoms with Crippen LogP contribution in [0.5, 0.6) is 5.75 Å². The lowest BCUT2D eigenvalue weighted by atomic mass is 9.95. The zero-order chi connectivity index (χ0) is 22.0. The van der Waals surface area contributed by atoms with Gasteiger partial charge in [0.1, 0.15) is 10.6 Å². The van der Waals surface area contributed by atoms with Gasteiger partial charge in [-0.2, -0.15) is 0 Å². The van der Waals surface area contributed by atoms with Crippen molar-refractivity contribution in [3.05, 3.63) is 58.1 Å². The van der Waals surface area contributed by atoms with Crippen LogP contribution >= 0.6 is 11.3 Å². The van der Waals surface area contributed by atoms with E-state index in [2.05, 4.69) is 10.3 Å². The quantitative estimate of drug-likeness (QED) is 0.616. The number of nitrogens with one attached hydrogen (secondary N) is 1. The monoisotopic (exact) mass is 439 g/mol. The molecule has 8 heteroatoms. The number of carbonyl (C=O) groups excluding carboxylic acids is 2. The van der Waals surface area contributed by atoms with E-state index < -0.39 is 0 Å². The lowest BCUT2D eigenvalue weighted by molar-refractivity contribution is 0.0787. The number of aliphatic hydroxyl groups is 1. The average molecular weight is 440 g/mol. The topological polar surface area (TPSA) is 91.8 Å². The molecule has 4 rings (SSSR count). The molecular formula is C23H25N3O4S. The first-order chi connectivity index (χ1) is 15.0. The third kappa shape index (κ3) is 4.00. The van der Waals surface area contributed by atoms with Gasteiger partial charge < -0.3 is 20.1 Å². The second kappa shape index (κ2) is 9.03.